The van der Waals surface area contributed by atoms with Crippen LogP contribution >= 0.6 is 0 Å². The Morgan fingerprint density at radius 1 is 0.429 bits per heavy atom. The highest BCUT2D eigenvalue weighted by Gasteiger charge is 2.18. The van der Waals surface area contributed by atoms with Crippen LogP contribution in [-0.2, 0) is 0 Å². The van der Waals surface area contributed by atoms with E-state index in [1.165, 1.54) is 10.8 Å². The van der Waals surface area contributed by atoms with Gasteiger partial charge in [0.2, 0.25) is 0 Å². The predicted molar refractivity (Wildman–Crippen MR) is 200 cm³/mol. The lowest BCUT2D eigenvalue weighted by Gasteiger charge is -2.16. The van der Waals surface area contributed by atoms with Crippen molar-refractivity contribution in [3.05, 3.63) is 168 Å². The summed E-state index contributed by atoms with van der Waals surface area (Å²) in [6.45, 7) is 2.06. The summed E-state index contributed by atoms with van der Waals surface area (Å²) in [7, 11) is 0. The second-order valence-corrected chi connectivity index (χ2v) is 12.5. The van der Waals surface area contributed by atoms with Crippen molar-refractivity contribution in [2.45, 2.75) is 6.92 Å². The van der Waals surface area contributed by atoms with Crippen LogP contribution in [0.25, 0.3) is 77.2 Å². The van der Waals surface area contributed by atoms with Crippen LogP contribution in [0.2, 0.25) is 0 Å². The van der Waals surface area contributed by atoms with Crippen LogP contribution in [0.3, 0.4) is 0 Å². The van der Waals surface area contributed by atoms with E-state index in [1.54, 1.807) is 0 Å². The second-order valence-electron chi connectivity index (χ2n) is 12.5. The first-order valence-corrected chi connectivity index (χ1v) is 16.3. The molecule has 0 amide bonds. The van der Waals surface area contributed by atoms with E-state index in [-0.39, 0.29) is 0 Å². The summed E-state index contributed by atoms with van der Waals surface area (Å²) < 4.78 is 4.62. The molecule has 0 aliphatic heterocycles. The Hall–Kier alpha value is -6.88. The molecule has 228 valence electrons. The maximum atomic E-state index is 10.2. The monoisotopic (exact) mass is 624 g/mol. The maximum absolute atomic E-state index is 10.2. The summed E-state index contributed by atoms with van der Waals surface area (Å²) in [5.41, 5.74) is 12.8. The maximum Gasteiger partial charge on any atom is 0.0998 e. The molecule has 9 rings (SSSR count). The highest BCUT2D eigenvalue weighted by molar-refractivity contribution is 6.10. The predicted octanol–water partition coefficient (Wildman–Crippen LogP) is 11.3. The zero-order valence-electron chi connectivity index (χ0n) is 26.7. The third-order valence-electron chi connectivity index (χ3n) is 9.68. The average Bonchev–Trinajstić information content (AvgIpc) is 3.67. The Kier molecular flexibility index (Phi) is 6.44. The van der Waals surface area contributed by atoms with E-state index in [4.69, 9.17) is 0 Å². The van der Waals surface area contributed by atoms with Crippen LogP contribution in [0.1, 0.15) is 16.7 Å². The Labute approximate surface area is 283 Å². The van der Waals surface area contributed by atoms with Crippen molar-refractivity contribution in [3.8, 4) is 45.8 Å². The van der Waals surface area contributed by atoms with E-state index >= 15 is 0 Å². The lowest BCUT2D eigenvalue weighted by Crippen LogP contribution is -1.98. The third kappa shape index (κ3) is 4.43. The van der Waals surface area contributed by atoms with E-state index in [0.29, 0.717) is 11.1 Å². The molecule has 0 saturated carbocycles. The van der Waals surface area contributed by atoms with Crippen molar-refractivity contribution in [2.24, 2.45) is 0 Å². The SMILES string of the molecule is Cc1cccc(C#N)c1-c1cc(-c2cccc(-n3c4ccccc4c4ccccc43)c2)cc(-n2c3ccccc3c3cc(C#N)ccc32)c1. The highest BCUT2D eigenvalue weighted by atomic mass is 15.0. The minimum atomic E-state index is 0.630. The number of hydrogen-bond donors (Lipinski definition) is 0. The van der Waals surface area contributed by atoms with Crippen molar-refractivity contribution in [1.82, 2.24) is 9.13 Å². The van der Waals surface area contributed by atoms with Gasteiger partial charge in [-0.2, -0.15) is 10.5 Å². The first kappa shape index (κ1) is 28.4. The van der Waals surface area contributed by atoms with E-state index in [0.717, 1.165) is 72.0 Å². The van der Waals surface area contributed by atoms with Gasteiger partial charge in [-0.15, -0.1) is 0 Å². The van der Waals surface area contributed by atoms with Gasteiger partial charge in [0.05, 0.1) is 45.3 Å². The molecule has 0 fully saturated rings. The molecule has 0 radical (unpaired) electrons. The largest absolute Gasteiger partial charge is 0.309 e. The van der Waals surface area contributed by atoms with E-state index in [1.807, 2.05) is 36.4 Å². The molecule has 4 nitrogen and oxygen atoms in total. The van der Waals surface area contributed by atoms with Crippen molar-refractivity contribution in [2.75, 3.05) is 0 Å². The number of rotatable bonds is 4. The van der Waals surface area contributed by atoms with Gasteiger partial charge in [0, 0.05) is 38.5 Å². The van der Waals surface area contributed by atoms with E-state index < -0.39 is 0 Å². The molecule has 7 aromatic carbocycles. The van der Waals surface area contributed by atoms with Crippen molar-refractivity contribution in [3.63, 3.8) is 0 Å². The van der Waals surface area contributed by atoms with Crippen LogP contribution < -0.4 is 0 Å². The van der Waals surface area contributed by atoms with E-state index in [2.05, 4.69) is 143 Å². The van der Waals surface area contributed by atoms with Crippen LogP contribution in [-0.4, -0.2) is 9.13 Å². The first-order valence-electron chi connectivity index (χ1n) is 16.3. The highest BCUT2D eigenvalue weighted by Crippen LogP contribution is 2.39. The summed E-state index contributed by atoms with van der Waals surface area (Å²) in [6, 6.07) is 57.4. The summed E-state index contributed by atoms with van der Waals surface area (Å²) in [5, 5.41) is 24.5. The Morgan fingerprint density at radius 2 is 1.00 bits per heavy atom. The molecule has 9 aromatic rings. The summed E-state index contributed by atoms with van der Waals surface area (Å²) in [5.74, 6) is 0. The quantitative estimate of drug-likeness (QED) is 0.196. The van der Waals surface area contributed by atoms with Gasteiger partial charge in [-0.3, -0.25) is 0 Å². The van der Waals surface area contributed by atoms with Crippen LogP contribution in [0, 0.1) is 29.6 Å². The Bertz CT molecular complexity index is 2820. The minimum absolute atomic E-state index is 0.630. The number of benzene rings is 7. The fraction of sp³-hybridized carbons (Fsp3) is 0.0222. The second kappa shape index (κ2) is 11.1. The molecule has 0 spiro atoms. The first-order chi connectivity index (χ1) is 24.1. The normalized spacial score (nSPS) is 11.3. The van der Waals surface area contributed by atoms with Gasteiger partial charge >= 0.3 is 0 Å². The average molecular weight is 625 g/mol. The zero-order chi connectivity index (χ0) is 33.1. The molecule has 2 aromatic heterocycles. The molecule has 2 heterocycles. The molecule has 4 heteroatoms. The van der Waals surface area contributed by atoms with Gasteiger partial charge in [0.1, 0.15) is 0 Å². The topological polar surface area (TPSA) is 57.4 Å². The summed E-state index contributed by atoms with van der Waals surface area (Å²) in [4.78, 5) is 0. The van der Waals surface area contributed by atoms with E-state index in [9.17, 15) is 10.5 Å². The van der Waals surface area contributed by atoms with Crippen LogP contribution in [0.4, 0.5) is 0 Å². The summed E-state index contributed by atoms with van der Waals surface area (Å²) in [6.07, 6.45) is 0. The number of aryl methyl sites for hydroxylation is 1. The molecule has 0 aliphatic carbocycles. The number of nitrogens with zero attached hydrogens (tertiary/aromatic N) is 4. The molecule has 0 saturated heterocycles. The standard InChI is InChI=1S/C45H28N4/c1-29-10-8-12-32(28-47)45(29)34-23-33(25-36(26-34)49-43-19-7-4-16-39(43)40-22-30(27-46)20-21-44(40)49)31-11-9-13-35(24-31)48-41-17-5-2-14-37(41)38-15-3-6-18-42(38)48/h2-26H,1H3. The fourth-order valence-electron chi connectivity index (χ4n) is 7.54. The Morgan fingerprint density at radius 3 is 1.67 bits per heavy atom. The Balaban J connectivity index is 1.33. The van der Waals surface area contributed by atoms with Crippen LogP contribution in [0.15, 0.2) is 152 Å². The van der Waals surface area contributed by atoms with Crippen molar-refractivity contribution < 1.29 is 0 Å². The summed E-state index contributed by atoms with van der Waals surface area (Å²) >= 11 is 0. The number of para-hydroxylation sites is 3. The number of aromatic nitrogens is 2. The molecule has 0 atom stereocenters. The van der Waals surface area contributed by atoms with Gasteiger partial charge in [-0.05, 0) is 102 Å². The molecule has 49 heavy (non-hydrogen) atoms. The lowest BCUT2D eigenvalue weighted by molar-refractivity contribution is 1.17. The molecular weight excluding hydrogens is 597 g/mol. The fourth-order valence-corrected chi connectivity index (χ4v) is 7.54. The zero-order valence-corrected chi connectivity index (χ0v) is 26.7. The van der Waals surface area contributed by atoms with Gasteiger partial charge in [-0.1, -0.05) is 78.9 Å². The van der Waals surface area contributed by atoms with Crippen LogP contribution in [0.5, 0.6) is 0 Å². The molecule has 0 aliphatic rings. The van der Waals surface area contributed by atoms with Gasteiger partial charge in [0.25, 0.3) is 0 Å². The molecule has 0 bridgehead atoms. The van der Waals surface area contributed by atoms with Crippen molar-refractivity contribution in [1.29, 1.82) is 10.5 Å². The lowest BCUT2D eigenvalue weighted by atomic mass is 9.92. The van der Waals surface area contributed by atoms with Crippen molar-refractivity contribution >= 4 is 43.6 Å². The number of hydrogen-bond acceptors (Lipinski definition) is 2. The molecular formula is C45H28N4. The number of fused-ring (bicyclic) bond motifs is 6. The van der Waals surface area contributed by atoms with Gasteiger partial charge in [0.15, 0.2) is 0 Å². The number of nitriles is 2. The molecule has 0 N–H and O–H groups in total. The third-order valence-corrected chi connectivity index (χ3v) is 9.68. The van der Waals surface area contributed by atoms with Gasteiger partial charge < -0.3 is 9.13 Å². The van der Waals surface area contributed by atoms with Gasteiger partial charge in [-0.25, -0.2) is 0 Å². The minimum Gasteiger partial charge on any atom is -0.309 e. The smallest absolute Gasteiger partial charge is 0.0998 e. The molecule has 0 unspecified atom stereocenters.